The lowest BCUT2D eigenvalue weighted by Gasteiger charge is -2.08. The summed E-state index contributed by atoms with van der Waals surface area (Å²) in [7, 11) is 1.65. The Hall–Kier alpha value is -5.76. The van der Waals surface area contributed by atoms with E-state index in [-0.39, 0.29) is 13.2 Å². The molecule has 0 spiro atoms. The van der Waals surface area contributed by atoms with Crippen LogP contribution in [0.4, 0.5) is 11.6 Å². The van der Waals surface area contributed by atoms with Crippen molar-refractivity contribution in [2.24, 2.45) is 0 Å². The van der Waals surface area contributed by atoms with E-state index < -0.39 is 0 Å². The van der Waals surface area contributed by atoms with E-state index in [4.69, 9.17) is 16.2 Å². The summed E-state index contributed by atoms with van der Waals surface area (Å²) in [6.07, 6.45) is 4.66. The average molecular weight is 585 g/mol. The minimum absolute atomic E-state index is 0. The van der Waals surface area contributed by atoms with Crippen LogP contribution < -0.4 is 16.2 Å². The molecule has 2 heterocycles. The first-order valence-corrected chi connectivity index (χ1v) is 13.7. The van der Waals surface area contributed by atoms with Gasteiger partial charge in [0.2, 0.25) is 0 Å². The third kappa shape index (κ3) is 8.17. The molecule has 0 bridgehead atoms. The smallest absolute Gasteiger partial charge is 0.145 e. The summed E-state index contributed by atoms with van der Waals surface area (Å²) in [5.74, 6) is 1.96. The van der Waals surface area contributed by atoms with Gasteiger partial charge < -0.3 is 21.3 Å². The van der Waals surface area contributed by atoms with Gasteiger partial charge in [-0.15, -0.1) is 0 Å². The number of nitrogens with zero attached hydrogens (tertiary/aromatic N) is 4. The fraction of sp³-hybridized carbons (Fsp3) is 0.111. The molecule has 5 N–H and O–H groups in total. The number of aromatic nitrogens is 4. The molecule has 0 aliphatic heterocycles. The molecule has 0 saturated carbocycles. The van der Waals surface area contributed by atoms with Crippen LogP contribution in [-0.2, 0) is 12.8 Å². The Labute approximate surface area is 258 Å². The van der Waals surface area contributed by atoms with Gasteiger partial charge in [-0.1, -0.05) is 68.1 Å². The molecular formula is C36H36N6O2. The highest BCUT2D eigenvalue weighted by atomic mass is 16.5. The van der Waals surface area contributed by atoms with Gasteiger partial charge in [-0.2, -0.15) is 0 Å². The standard InChI is InChI=1S/C18H17N3O.C17H15N3O.CH4/c1-22-15-9-7-14(8-10-15)17-12-20-18(19)16(21-17)11-13-5-3-2-4-6-13;18-17-15(10-12-4-2-1-3-5-12)20-16(11-19-17)13-6-8-14(21)9-7-13;/h2-10,12H,11H2,1H3,(H2,19,20);1-9,11,21H,10H2,(H2,18,19);1H4. The van der Waals surface area contributed by atoms with Gasteiger partial charge in [-0.3, -0.25) is 0 Å². The van der Waals surface area contributed by atoms with E-state index in [1.807, 2.05) is 84.9 Å². The molecule has 0 radical (unpaired) electrons. The molecule has 44 heavy (non-hydrogen) atoms. The third-order valence-corrected chi connectivity index (χ3v) is 6.73. The fourth-order valence-electron chi connectivity index (χ4n) is 4.38. The molecule has 0 saturated heterocycles. The summed E-state index contributed by atoms with van der Waals surface area (Å²) in [5.41, 5.74) is 19.2. The molecule has 4 aromatic carbocycles. The summed E-state index contributed by atoms with van der Waals surface area (Å²) in [6, 6.07) is 34.8. The predicted octanol–water partition coefficient (Wildman–Crippen LogP) is 6.98. The van der Waals surface area contributed by atoms with E-state index in [0.717, 1.165) is 50.8 Å². The first-order chi connectivity index (χ1) is 21.0. The topological polar surface area (TPSA) is 133 Å². The van der Waals surface area contributed by atoms with Crippen LogP contribution in [0.2, 0.25) is 0 Å². The number of benzene rings is 4. The van der Waals surface area contributed by atoms with Gasteiger partial charge in [0.1, 0.15) is 23.1 Å². The predicted molar refractivity (Wildman–Crippen MR) is 177 cm³/mol. The quantitative estimate of drug-likeness (QED) is 0.183. The van der Waals surface area contributed by atoms with Crippen molar-refractivity contribution in [3.63, 3.8) is 0 Å². The Balaban J connectivity index is 0.000000197. The first kappa shape index (κ1) is 31.2. The summed E-state index contributed by atoms with van der Waals surface area (Å²) < 4.78 is 5.17. The molecule has 0 fully saturated rings. The highest BCUT2D eigenvalue weighted by molar-refractivity contribution is 5.62. The maximum Gasteiger partial charge on any atom is 0.145 e. The Kier molecular flexibility index (Phi) is 10.6. The summed E-state index contributed by atoms with van der Waals surface area (Å²) in [6.45, 7) is 0. The molecule has 2 aromatic heterocycles. The van der Waals surface area contributed by atoms with Crippen molar-refractivity contribution < 1.29 is 9.84 Å². The second-order valence-corrected chi connectivity index (χ2v) is 9.77. The number of anilines is 2. The monoisotopic (exact) mass is 584 g/mol. The molecule has 8 nitrogen and oxygen atoms in total. The number of rotatable bonds is 7. The molecule has 222 valence electrons. The van der Waals surface area contributed by atoms with Crippen molar-refractivity contribution in [1.82, 2.24) is 19.9 Å². The Bertz CT molecular complexity index is 1760. The highest BCUT2D eigenvalue weighted by Gasteiger charge is 2.09. The summed E-state index contributed by atoms with van der Waals surface area (Å²) in [4.78, 5) is 17.8. The summed E-state index contributed by atoms with van der Waals surface area (Å²) >= 11 is 0. The van der Waals surface area contributed by atoms with Gasteiger partial charge in [0.05, 0.1) is 42.3 Å². The number of nitrogen functional groups attached to an aromatic ring is 2. The molecule has 8 heteroatoms. The van der Waals surface area contributed by atoms with Crippen LogP contribution in [0.25, 0.3) is 22.5 Å². The fourth-order valence-corrected chi connectivity index (χ4v) is 4.38. The third-order valence-electron chi connectivity index (χ3n) is 6.73. The van der Waals surface area contributed by atoms with Gasteiger partial charge in [0, 0.05) is 24.0 Å². The zero-order valence-corrected chi connectivity index (χ0v) is 23.8. The maximum atomic E-state index is 9.34. The Morgan fingerprint density at radius 3 is 1.41 bits per heavy atom. The van der Waals surface area contributed by atoms with E-state index in [1.165, 1.54) is 0 Å². The largest absolute Gasteiger partial charge is 0.508 e. The van der Waals surface area contributed by atoms with Crippen LogP contribution in [0.1, 0.15) is 29.9 Å². The molecule has 6 rings (SSSR count). The molecular weight excluding hydrogens is 548 g/mol. The van der Waals surface area contributed by atoms with Gasteiger partial charge in [0.15, 0.2) is 0 Å². The van der Waals surface area contributed by atoms with Crippen LogP contribution in [-0.4, -0.2) is 32.2 Å². The Morgan fingerprint density at radius 2 is 1.00 bits per heavy atom. The van der Waals surface area contributed by atoms with E-state index in [0.29, 0.717) is 24.5 Å². The van der Waals surface area contributed by atoms with Crippen LogP contribution in [0, 0.1) is 0 Å². The zero-order valence-electron chi connectivity index (χ0n) is 23.8. The molecule has 6 aromatic rings. The van der Waals surface area contributed by atoms with Crippen molar-refractivity contribution in [2.45, 2.75) is 20.3 Å². The molecule has 0 atom stereocenters. The lowest BCUT2D eigenvalue weighted by atomic mass is 10.1. The summed E-state index contributed by atoms with van der Waals surface area (Å²) in [5, 5.41) is 9.34. The highest BCUT2D eigenvalue weighted by Crippen LogP contribution is 2.24. The van der Waals surface area contributed by atoms with Crippen molar-refractivity contribution in [2.75, 3.05) is 18.6 Å². The second-order valence-electron chi connectivity index (χ2n) is 9.77. The maximum absolute atomic E-state index is 9.34. The van der Waals surface area contributed by atoms with Crippen molar-refractivity contribution >= 4 is 11.6 Å². The lowest BCUT2D eigenvalue weighted by Crippen LogP contribution is -2.03. The van der Waals surface area contributed by atoms with E-state index in [1.54, 1.807) is 31.6 Å². The number of nitrogens with two attached hydrogens (primary N) is 2. The number of phenols is 1. The second kappa shape index (κ2) is 14.9. The zero-order chi connectivity index (χ0) is 30.0. The van der Waals surface area contributed by atoms with Gasteiger partial charge >= 0.3 is 0 Å². The number of methoxy groups -OCH3 is 1. The van der Waals surface area contributed by atoms with Crippen LogP contribution >= 0.6 is 0 Å². The van der Waals surface area contributed by atoms with Gasteiger partial charge in [-0.25, -0.2) is 19.9 Å². The molecule has 0 aliphatic rings. The molecule has 0 aliphatic carbocycles. The van der Waals surface area contributed by atoms with E-state index in [9.17, 15) is 5.11 Å². The number of hydrogen-bond acceptors (Lipinski definition) is 8. The number of ether oxygens (including phenoxy) is 1. The van der Waals surface area contributed by atoms with Gasteiger partial charge in [0.25, 0.3) is 0 Å². The average Bonchev–Trinajstić information content (AvgIpc) is 3.05. The minimum atomic E-state index is 0. The van der Waals surface area contributed by atoms with Crippen LogP contribution in [0.5, 0.6) is 11.5 Å². The lowest BCUT2D eigenvalue weighted by molar-refractivity contribution is 0.415. The number of aromatic hydroxyl groups is 1. The number of hydrogen-bond donors (Lipinski definition) is 3. The van der Waals surface area contributed by atoms with Crippen LogP contribution in [0.3, 0.4) is 0 Å². The van der Waals surface area contributed by atoms with Crippen molar-refractivity contribution in [1.29, 1.82) is 0 Å². The van der Waals surface area contributed by atoms with Gasteiger partial charge in [-0.05, 0) is 59.7 Å². The van der Waals surface area contributed by atoms with E-state index >= 15 is 0 Å². The Morgan fingerprint density at radius 1 is 0.591 bits per heavy atom. The minimum Gasteiger partial charge on any atom is -0.508 e. The van der Waals surface area contributed by atoms with E-state index in [2.05, 4.69) is 32.1 Å². The SMILES string of the molecule is C.COc1ccc(-c2cnc(N)c(Cc3ccccc3)n2)cc1.Nc1ncc(-c2ccc(O)cc2)nc1Cc1ccccc1. The first-order valence-electron chi connectivity index (χ1n) is 13.7. The van der Waals surface area contributed by atoms with Crippen molar-refractivity contribution in [3.05, 3.63) is 144 Å². The van der Waals surface area contributed by atoms with Crippen molar-refractivity contribution in [3.8, 4) is 34.0 Å². The van der Waals surface area contributed by atoms with Crippen LogP contribution in [0.15, 0.2) is 122 Å². The molecule has 0 unspecified atom stereocenters. The molecule has 0 amide bonds. The number of phenolic OH excluding ortho intramolecular Hbond substituents is 1. The normalized spacial score (nSPS) is 10.2.